The summed E-state index contributed by atoms with van der Waals surface area (Å²) in [5.41, 5.74) is 0. The molecule has 0 aromatic carbocycles. The SMILES string of the molecule is O.O=C(O)C1CCCN1. The first-order chi connectivity index (χ1) is 3.80. The van der Waals surface area contributed by atoms with Crippen molar-refractivity contribution in [2.24, 2.45) is 0 Å². The van der Waals surface area contributed by atoms with Gasteiger partial charge in [-0.2, -0.15) is 0 Å². The van der Waals surface area contributed by atoms with E-state index in [9.17, 15) is 4.79 Å². The first-order valence-electron chi connectivity index (χ1n) is 2.77. The monoisotopic (exact) mass is 133 g/mol. The Morgan fingerprint density at radius 2 is 2.33 bits per heavy atom. The number of aliphatic carboxylic acids is 1. The molecule has 1 fully saturated rings. The maximum atomic E-state index is 10.1. The van der Waals surface area contributed by atoms with Crippen LogP contribution in [-0.4, -0.2) is 29.1 Å². The Morgan fingerprint density at radius 3 is 2.56 bits per heavy atom. The van der Waals surface area contributed by atoms with E-state index in [2.05, 4.69) is 5.32 Å². The Hall–Kier alpha value is -0.610. The minimum atomic E-state index is -0.720. The topological polar surface area (TPSA) is 80.8 Å². The molecular weight excluding hydrogens is 122 g/mol. The fourth-order valence-corrected chi connectivity index (χ4v) is 0.895. The van der Waals surface area contributed by atoms with E-state index in [-0.39, 0.29) is 11.5 Å². The molecule has 0 radical (unpaired) electrons. The van der Waals surface area contributed by atoms with E-state index in [1.165, 1.54) is 0 Å². The Kier molecular flexibility index (Phi) is 3.19. The van der Waals surface area contributed by atoms with Crippen LogP contribution in [-0.2, 0) is 4.79 Å². The summed E-state index contributed by atoms with van der Waals surface area (Å²) in [6.45, 7) is 0.858. The summed E-state index contributed by atoms with van der Waals surface area (Å²) in [4.78, 5) is 10.1. The fourth-order valence-electron chi connectivity index (χ4n) is 0.895. The standard InChI is InChI=1S/C5H9NO2.H2O/c7-5(8)4-2-1-3-6-4;/h4,6H,1-3H2,(H,7,8);1H2. The fraction of sp³-hybridized carbons (Fsp3) is 0.800. The zero-order chi connectivity index (χ0) is 5.98. The molecule has 0 aromatic rings. The Balaban J connectivity index is 0.000000640. The number of hydrogen-bond acceptors (Lipinski definition) is 2. The van der Waals surface area contributed by atoms with Crippen LogP contribution < -0.4 is 5.32 Å². The lowest BCUT2D eigenvalue weighted by atomic mass is 10.2. The smallest absolute Gasteiger partial charge is 0.320 e. The van der Waals surface area contributed by atoms with E-state index in [1.807, 2.05) is 0 Å². The highest BCUT2D eigenvalue weighted by Crippen LogP contribution is 2.03. The lowest BCUT2D eigenvalue weighted by molar-refractivity contribution is -0.139. The number of hydrogen-bond donors (Lipinski definition) is 2. The van der Waals surface area contributed by atoms with Crippen LogP contribution in [0.15, 0.2) is 0 Å². The zero-order valence-corrected chi connectivity index (χ0v) is 5.05. The van der Waals surface area contributed by atoms with Gasteiger partial charge in [-0.25, -0.2) is 0 Å². The molecule has 1 unspecified atom stereocenters. The van der Waals surface area contributed by atoms with Gasteiger partial charge in [-0.3, -0.25) is 4.79 Å². The van der Waals surface area contributed by atoms with Gasteiger partial charge in [-0.15, -0.1) is 0 Å². The average Bonchev–Trinajstić information content (AvgIpc) is 2.12. The van der Waals surface area contributed by atoms with Crippen molar-refractivity contribution in [3.8, 4) is 0 Å². The largest absolute Gasteiger partial charge is 0.480 e. The minimum absolute atomic E-state index is 0. The highest BCUT2D eigenvalue weighted by Gasteiger charge is 2.20. The van der Waals surface area contributed by atoms with Crippen LogP contribution in [0.4, 0.5) is 0 Å². The van der Waals surface area contributed by atoms with Crippen molar-refractivity contribution < 1.29 is 15.4 Å². The van der Waals surface area contributed by atoms with Gasteiger partial charge in [0.05, 0.1) is 0 Å². The number of carboxylic acids is 1. The number of rotatable bonds is 1. The molecular formula is C5H11NO3. The molecule has 0 aromatic heterocycles. The summed E-state index contributed by atoms with van der Waals surface area (Å²) in [5.74, 6) is -0.720. The van der Waals surface area contributed by atoms with Crippen LogP contribution in [0.1, 0.15) is 12.8 Å². The summed E-state index contributed by atoms with van der Waals surface area (Å²) in [6, 6.07) is -0.269. The average molecular weight is 133 g/mol. The van der Waals surface area contributed by atoms with E-state index < -0.39 is 5.97 Å². The molecule has 0 amide bonds. The molecule has 4 nitrogen and oxygen atoms in total. The summed E-state index contributed by atoms with van der Waals surface area (Å²) in [6.07, 6.45) is 1.78. The summed E-state index contributed by atoms with van der Waals surface area (Å²) < 4.78 is 0. The van der Waals surface area contributed by atoms with Crippen molar-refractivity contribution in [1.29, 1.82) is 0 Å². The van der Waals surface area contributed by atoms with Gasteiger partial charge < -0.3 is 15.9 Å². The molecule has 1 heterocycles. The molecule has 1 rings (SSSR count). The van der Waals surface area contributed by atoms with Crippen LogP contribution >= 0.6 is 0 Å². The predicted octanol–water partition coefficient (Wildman–Crippen LogP) is -1.00. The van der Waals surface area contributed by atoms with Gasteiger partial charge in [-0.05, 0) is 19.4 Å². The van der Waals surface area contributed by atoms with Crippen molar-refractivity contribution in [3.05, 3.63) is 0 Å². The van der Waals surface area contributed by atoms with Gasteiger partial charge in [0.2, 0.25) is 0 Å². The quantitative estimate of drug-likeness (QED) is 0.481. The number of carboxylic acid groups (broad SMARTS) is 1. The van der Waals surface area contributed by atoms with Gasteiger partial charge in [0, 0.05) is 0 Å². The van der Waals surface area contributed by atoms with E-state index in [0.717, 1.165) is 19.4 Å². The third kappa shape index (κ3) is 1.99. The van der Waals surface area contributed by atoms with Crippen molar-refractivity contribution in [2.75, 3.05) is 6.54 Å². The van der Waals surface area contributed by atoms with Gasteiger partial charge in [0.1, 0.15) is 6.04 Å². The van der Waals surface area contributed by atoms with Crippen LogP contribution in [0.2, 0.25) is 0 Å². The summed E-state index contributed by atoms with van der Waals surface area (Å²) in [7, 11) is 0. The molecule has 4 heteroatoms. The Labute approximate surface area is 53.2 Å². The Morgan fingerprint density at radius 1 is 1.67 bits per heavy atom. The van der Waals surface area contributed by atoms with E-state index in [4.69, 9.17) is 5.11 Å². The third-order valence-corrected chi connectivity index (χ3v) is 1.36. The number of nitrogens with one attached hydrogen (secondary N) is 1. The molecule has 0 spiro atoms. The molecule has 1 aliphatic rings. The maximum Gasteiger partial charge on any atom is 0.320 e. The predicted molar refractivity (Wildman–Crippen MR) is 32.3 cm³/mol. The molecule has 0 aliphatic carbocycles. The van der Waals surface area contributed by atoms with E-state index in [0.29, 0.717) is 0 Å². The van der Waals surface area contributed by atoms with Gasteiger partial charge in [-0.1, -0.05) is 0 Å². The molecule has 0 saturated carbocycles. The van der Waals surface area contributed by atoms with Crippen molar-refractivity contribution in [2.45, 2.75) is 18.9 Å². The highest BCUT2D eigenvalue weighted by atomic mass is 16.4. The van der Waals surface area contributed by atoms with Gasteiger partial charge in [0.15, 0.2) is 0 Å². The highest BCUT2D eigenvalue weighted by molar-refractivity contribution is 5.73. The molecule has 9 heavy (non-hydrogen) atoms. The van der Waals surface area contributed by atoms with Crippen molar-refractivity contribution in [1.82, 2.24) is 5.32 Å². The normalized spacial score (nSPS) is 25.1. The second kappa shape index (κ2) is 3.42. The maximum absolute atomic E-state index is 10.1. The van der Waals surface area contributed by atoms with E-state index in [1.54, 1.807) is 0 Å². The molecule has 4 N–H and O–H groups in total. The molecule has 1 saturated heterocycles. The Bertz CT molecular complexity index is 98.4. The summed E-state index contributed by atoms with van der Waals surface area (Å²) >= 11 is 0. The van der Waals surface area contributed by atoms with Crippen LogP contribution in [0.5, 0.6) is 0 Å². The van der Waals surface area contributed by atoms with Gasteiger partial charge in [0.25, 0.3) is 0 Å². The zero-order valence-electron chi connectivity index (χ0n) is 5.05. The number of carbonyl (C=O) groups is 1. The van der Waals surface area contributed by atoms with Crippen molar-refractivity contribution >= 4 is 5.97 Å². The lowest BCUT2D eigenvalue weighted by Crippen LogP contribution is -2.29. The minimum Gasteiger partial charge on any atom is -0.480 e. The van der Waals surface area contributed by atoms with Crippen molar-refractivity contribution in [3.63, 3.8) is 0 Å². The van der Waals surface area contributed by atoms with E-state index >= 15 is 0 Å². The molecule has 54 valence electrons. The van der Waals surface area contributed by atoms with Crippen LogP contribution in [0.25, 0.3) is 0 Å². The summed E-state index contributed by atoms with van der Waals surface area (Å²) in [5, 5.41) is 11.2. The second-order valence-electron chi connectivity index (χ2n) is 1.99. The third-order valence-electron chi connectivity index (χ3n) is 1.36. The molecule has 1 atom stereocenters. The lowest BCUT2D eigenvalue weighted by Gasteiger charge is -1.99. The van der Waals surface area contributed by atoms with Crippen LogP contribution in [0, 0.1) is 0 Å². The first-order valence-corrected chi connectivity index (χ1v) is 2.77. The second-order valence-corrected chi connectivity index (χ2v) is 1.99. The first kappa shape index (κ1) is 8.39. The molecule has 1 aliphatic heterocycles. The van der Waals surface area contributed by atoms with Crippen LogP contribution in [0.3, 0.4) is 0 Å². The molecule has 0 bridgehead atoms. The van der Waals surface area contributed by atoms with Gasteiger partial charge >= 0.3 is 5.97 Å².